The molecule has 2 aromatic rings. The van der Waals surface area contributed by atoms with E-state index in [0.29, 0.717) is 13.0 Å². The Hall–Kier alpha value is -1.39. The van der Waals surface area contributed by atoms with E-state index < -0.39 is 6.10 Å². The minimum absolute atomic E-state index is 0.440. The van der Waals surface area contributed by atoms with E-state index in [1.807, 2.05) is 36.6 Å². The van der Waals surface area contributed by atoms with Gasteiger partial charge < -0.3 is 9.84 Å². The highest BCUT2D eigenvalue weighted by Gasteiger charge is 2.08. The van der Waals surface area contributed by atoms with Gasteiger partial charge in [0.15, 0.2) is 0 Å². The van der Waals surface area contributed by atoms with Crippen LogP contribution in [0.5, 0.6) is 5.75 Å². The topological polar surface area (TPSA) is 42.4 Å². The van der Waals surface area contributed by atoms with Gasteiger partial charge in [-0.3, -0.25) is 0 Å². The van der Waals surface area contributed by atoms with Gasteiger partial charge in [-0.25, -0.2) is 4.98 Å². The largest absolute Gasteiger partial charge is 0.494 e. The second-order valence-corrected chi connectivity index (χ2v) is 4.96. The highest BCUT2D eigenvalue weighted by atomic mass is 32.1. The smallest absolute Gasteiger partial charge is 0.119 e. The number of aliphatic hydroxyl groups is 1. The lowest BCUT2D eigenvalue weighted by atomic mass is 10.1. The SMILES string of the molecule is CCOc1ccc(C(O)CCc2nccs2)cc1. The third-order valence-corrected chi connectivity index (χ3v) is 3.53. The molecule has 1 heterocycles. The maximum absolute atomic E-state index is 10.1. The molecule has 0 saturated heterocycles. The highest BCUT2D eigenvalue weighted by Crippen LogP contribution is 2.22. The number of rotatable bonds is 6. The maximum atomic E-state index is 10.1. The molecule has 0 fully saturated rings. The Morgan fingerprint density at radius 2 is 2.11 bits per heavy atom. The molecule has 1 unspecified atom stereocenters. The summed E-state index contributed by atoms with van der Waals surface area (Å²) in [4.78, 5) is 4.21. The zero-order valence-corrected chi connectivity index (χ0v) is 11.2. The molecule has 0 aliphatic heterocycles. The van der Waals surface area contributed by atoms with Crippen molar-refractivity contribution in [2.24, 2.45) is 0 Å². The lowest BCUT2D eigenvalue weighted by Gasteiger charge is -2.11. The average Bonchev–Trinajstić information content (AvgIpc) is 2.90. The number of benzene rings is 1. The van der Waals surface area contributed by atoms with Gasteiger partial charge in [0.05, 0.1) is 17.7 Å². The summed E-state index contributed by atoms with van der Waals surface area (Å²) in [5.74, 6) is 0.841. The van der Waals surface area contributed by atoms with Crippen LogP contribution in [0, 0.1) is 0 Å². The van der Waals surface area contributed by atoms with Crippen molar-refractivity contribution in [2.75, 3.05) is 6.61 Å². The molecule has 0 aliphatic carbocycles. The Kier molecular flexibility index (Phi) is 4.73. The first-order chi connectivity index (χ1) is 8.79. The lowest BCUT2D eigenvalue weighted by Crippen LogP contribution is -2.00. The van der Waals surface area contributed by atoms with Gasteiger partial charge in [0.25, 0.3) is 0 Å². The van der Waals surface area contributed by atoms with Gasteiger partial charge >= 0.3 is 0 Å². The van der Waals surface area contributed by atoms with Crippen LogP contribution in [0.2, 0.25) is 0 Å². The molecule has 0 saturated carbocycles. The lowest BCUT2D eigenvalue weighted by molar-refractivity contribution is 0.167. The number of aromatic nitrogens is 1. The summed E-state index contributed by atoms with van der Waals surface area (Å²) < 4.78 is 5.37. The first-order valence-corrected chi connectivity index (χ1v) is 6.96. The van der Waals surface area contributed by atoms with Crippen LogP contribution in [0.1, 0.15) is 30.0 Å². The number of hydrogen-bond acceptors (Lipinski definition) is 4. The fraction of sp³-hybridized carbons (Fsp3) is 0.357. The molecule has 1 N–H and O–H groups in total. The van der Waals surface area contributed by atoms with E-state index in [1.165, 1.54) is 0 Å². The quantitative estimate of drug-likeness (QED) is 0.870. The highest BCUT2D eigenvalue weighted by molar-refractivity contribution is 7.09. The van der Waals surface area contributed by atoms with E-state index in [-0.39, 0.29) is 0 Å². The molecule has 1 atom stereocenters. The van der Waals surface area contributed by atoms with Gasteiger partial charge in [0.2, 0.25) is 0 Å². The van der Waals surface area contributed by atoms with Crippen LogP contribution in [0.3, 0.4) is 0 Å². The molecule has 0 bridgehead atoms. The fourth-order valence-corrected chi connectivity index (χ4v) is 2.39. The molecule has 1 aromatic carbocycles. The van der Waals surface area contributed by atoms with Gasteiger partial charge in [-0.15, -0.1) is 11.3 Å². The van der Waals surface area contributed by atoms with Crippen LogP contribution in [-0.4, -0.2) is 16.7 Å². The zero-order chi connectivity index (χ0) is 12.8. The zero-order valence-electron chi connectivity index (χ0n) is 10.4. The number of ether oxygens (including phenoxy) is 1. The Bertz CT molecular complexity index is 453. The van der Waals surface area contributed by atoms with E-state index in [4.69, 9.17) is 4.74 Å². The second-order valence-electron chi connectivity index (χ2n) is 3.98. The molecule has 4 heteroatoms. The first kappa shape index (κ1) is 13.1. The number of hydrogen-bond donors (Lipinski definition) is 1. The summed E-state index contributed by atoms with van der Waals surface area (Å²) in [6.45, 7) is 2.61. The summed E-state index contributed by atoms with van der Waals surface area (Å²) in [6.07, 6.45) is 2.86. The van der Waals surface area contributed by atoms with E-state index in [0.717, 1.165) is 22.7 Å². The standard InChI is InChI=1S/C14H17NO2S/c1-2-17-12-5-3-11(4-6-12)13(16)7-8-14-15-9-10-18-14/h3-6,9-10,13,16H,2,7-8H2,1H3. The molecule has 18 heavy (non-hydrogen) atoms. The van der Waals surface area contributed by atoms with Gasteiger partial charge in [0.1, 0.15) is 5.75 Å². The molecule has 96 valence electrons. The molecule has 2 rings (SSSR count). The molecule has 0 radical (unpaired) electrons. The van der Waals surface area contributed by atoms with Crippen molar-refractivity contribution in [1.82, 2.24) is 4.98 Å². The predicted octanol–water partition coefficient (Wildman–Crippen LogP) is 3.21. The van der Waals surface area contributed by atoms with Crippen LogP contribution in [0.4, 0.5) is 0 Å². The van der Waals surface area contributed by atoms with E-state index in [9.17, 15) is 5.11 Å². The van der Waals surface area contributed by atoms with Gasteiger partial charge in [-0.1, -0.05) is 12.1 Å². The van der Waals surface area contributed by atoms with Crippen LogP contribution < -0.4 is 4.74 Å². The Morgan fingerprint density at radius 1 is 1.33 bits per heavy atom. The van der Waals surface area contributed by atoms with Crippen molar-refractivity contribution >= 4 is 11.3 Å². The van der Waals surface area contributed by atoms with E-state index in [2.05, 4.69) is 4.98 Å². The first-order valence-electron chi connectivity index (χ1n) is 6.08. The summed E-state index contributed by atoms with van der Waals surface area (Å²) >= 11 is 1.63. The summed E-state index contributed by atoms with van der Waals surface area (Å²) in [5.41, 5.74) is 0.926. The molecular weight excluding hydrogens is 246 g/mol. The summed E-state index contributed by atoms with van der Waals surface area (Å²) in [7, 11) is 0. The van der Waals surface area contributed by atoms with Crippen molar-refractivity contribution in [1.29, 1.82) is 0 Å². The van der Waals surface area contributed by atoms with Crippen LogP contribution in [0.25, 0.3) is 0 Å². The normalized spacial score (nSPS) is 12.3. The number of aliphatic hydroxyl groups excluding tert-OH is 1. The number of aryl methyl sites for hydroxylation is 1. The van der Waals surface area contributed by atoms with Crippen LogP contribution in [0.15, 0.2) is 35.8 Å². The Morgan fingerprint density at radius 3 is 2.72 bits per heavy atom. The number of thiazole rings is 1. The predicted molar refractivity (Wildman–Crippen MR) is 73.0 cm³/mol. The van der Waals surface area contributed by atoms with Crippen molar-refractivity contribution < 1.29 is 9.84 Å². The van der Waals surface area contributed by atoms with E-state index >= 15 is 0 Å². The van der Waals surface area contributed by atoms with Crippen LogP contribution >= 0.6 is 11.3 Å². The third kappa shape index (κ3) is 3.55. The van der Waals surface area contributed by atoms with Crippen molar-refractivity contribution in [3.05, 3.63) is 46.4 Å². The van der Waals surface area contributed by atoms with Gasteiger partial charge in [-0.05, 0) is 31.0 Å². The van der Waals surface area contributed by atoms with Gasteiger partial charge in [0, 0.05) is 18.0 Å². The van der Waals surface area contributed by atoms with Crippen LogP contribution in [-0.2, 0) is 6.42 Å². The maximum Gasteiger partial charge on any atom is 0.119 e. The second kappa shape index (κ2) is 6.52. The fourth-order valence-electron chi connectivity index (χ4n) is 1.76. The van der Waals surface area contributed by atoms with E-state index in [1.54, 1.807) is 17.5 Å². The summed E-state index contributed by atoms with van der Waals surface area (Å²) in [5, 5.41) is 13.1. The monoisotopic (exact) mass is 263 g/mol. The van der Waals surface area contributed by atoms with Crippen molar-refractivity contribution in [2.45, 2.75) is 25.9 Å². The molecule has 0 amide bonds. The third-order valence-electron chi connectivity index (χ3n) is 2.69. The average molecular weight is 263 g/mol. The van der Waals surface area contributed by atoms with Gasteiger partial charge in [-0.2, -0.15) is 0 Å². The Balaban J connectivity index is 1.89. The molecule has 1 aromatic heterocycles. The molecule has 0 aliphatic rings. The molecule has 0 spiro atoms. The minimum Gasteiger partial charge on any atom is -0.494 e. The molecule has 3 nitrogen and oxygen atoms in total. The molecular formula is C14H17NO2S. The number of nitrogens with zero attached hydrogens (tertiary/aromatic N) is 1. The minimum atomic E-state index is -0.440. The Labute approximate surface area is 111 Å². The summed E-state index contributed by atoms with van der Waals surface area (Å²) in [6, 6.07) is 7.62. The van der Waals surface area contributed by atoms with Crippen molar-refractivity contribution in [3.8, 4) is 5.75 Å². The van der Waals surface area contributed by atoms with Crippen molar-refractivity contribution in [3.63, 3.8) is 0 Å².